The normalized spacial score (nSPS) is 10.3. The van der Waals surface area contributed by atoms with Gasteiger partial charge >= 0.3 is 12.0 Å². The van der Waals surface area contributed by atoms with Gasteiger partial charge in [-0.25, -0.2) is 9.59 Å². The second-order valence-electron chi connectivity index (χ2n) is 6.05. The lowest BCUT2D eigenvalue weighted by Gasteiger charge is -2.10. The first-order valence-electron chi connectivity index (χ1n) is 8.33. The molecule has 0 fully saturated rings. The van der Waals surface area contributed by atoms with Crippen LogP contribution in [0.1, 0.15) is 15.9 Å². The monoisotopic (exact) mass is 364 g/mol. The van der Waals surface area contributed by atoms with Crippen LogP contribution in [0.3, 0.4) is 0 Å². The van der Waals surface area contributed by atoms with Gasteiger partial charge in [0.05, 0.1) is 19.0 Å². The molecule has 0 bridgehead atoms. The highest BCUT2D eigenvalue weighted by Crippen LogP contribution is 2.26. The van der Waals surface area contributed by atoms with Gasteiger partial charge < -0.3 is 15.4 Å². The second-order valence-corrected chi connectivity index (χ2v) is 6.05. The zero-order valence-corrected chi connectivity index (χ0v) is 15.3. The summed E-state index contributed by atoms with van der Waals surface area (Å²) in [5, 5.41) is 9.71. The van der Waals surface area contributed by atoms with E-state index in [-0.39, 0.29) is 6.03 Å². The molecule has 1 aromatic heterocycles. The maximum Gasteiger partial charge on any atom is 0.341 e. The van der Waals surface area contributed by atoms with Crippen molar-refractivity contribution in [3.8, 4) is 11.3 Å². The number of aromatic nitrogens is 2. The van der Waals surface area contributed by atoms with E-state index in [9.17, 15) is 9.59 Å². The molecule has 138 valence electrons. The molecule has 0 aliphatic heterocycles. The highest BCUT2D eigenvalue weighted by molar-refractivity contribution is 6.00. The maximum absolute atomic E-state index is 12.2. The van der Waals surface area contributed by atoms with Gasteiger partial charge in [0.15, 0.2) is 0 Å². The number of rotatable bonds is 4. The Morgan fingerprint density at radius 3 is 2.44 bits per heavy atom. The topological polar surface area (TPSA) is 85.2 Å². The third kappa shape index (κ3) is 4.14. The van der Waals surface area contributed by atoms with Crippen LogP contribution in [-0.2, 0) is 11.8 Å². The lowest BCUT2D eigenvalue weighted by molar-refractivity contribution is 0.0601. The number of ether oxygens (including phenoxy) is 1. The van der Waals surface area contributed by atoms with E-state index >= 15 is 0 Å². The fraction of sp³-hybridized carbons (Fsp3) is 0.150. The molecule has 0 aliphatic carbocycles. The average Bonchev–Trinajstić information content (AvgIpc) is 3.04. The summed E-state index contributed by atoms with van der Waals surface area (Å²) in [4.78, 5) is 24.2. The van der Waals surface area contributed by atoms with Crippen molar-refractivity contribution in [2.24, 2.45) is 7.05 Å². The van der Waals surface area contributed by atoms with Crippen LogP contribution in [0.2, 0.25) is 0 Å². The number of carbonyl (C=O) groups excluding carboxylic acids is 2. The van der Waals surface area contributed by atoms with E-state index < -0.39 is 5.97 Å². The number of methoxy groups -OCH3 is 1. The van der Waals surface area contributed by atoms with Crippen LogP contribution in [0.25, 0.3) is 11.3 Å². The summed E-state index contributed by atoms with van der Waals surface area (Å²) in [6, 6.07) is 14.4. The molecule has 0 radical (unpaired) electrons. The van der Waals surface area contributed by atoms with E-state index in [2.05, 4.69) is 15.7 Å². The van der Waals surface area contributed by atoms with Crippen molar-refractivity contribution in [3.63, 3.8) is 0 Å². The average molecular weight is 364 g/mol. The van der Waals surface area contributed by atoms with Gasteiger partial charge in [0.2, 0.25) is 0 Å². The van der Waals surface area contributed by atoms with Gasteiger partial charge in [0.25, 0.3) is 0 Å². The SMILES string of the molecule is COC(=O)c1cnn(C)c1-c1cccc(NC(=O)Nc2ccc(C)cc2)c1. The summed E-state index contributed by atoms with van der Waals surface area (Å²) >= 11 is 0. The van der Waals surface area contributed by atoms with E-state index in [1.807, 2.05) is 37.3 Å². The summed E-state index contributed by atoms with van der Waals surface area (Å²) in [5.74, 6) is -0.464. The quantitative estimate of drug-likeness (QED) is 0.689. The number of carbonyl (C=O) groups is 2. The van der Waals surface area contributed by atoms with Crippen molar-refractivity contribution >= 4 is 23.4 Å². The molecule has 0 aliphatic rings. The number of aryl methyl sites for hydroxylation is 2. The Hall–Kier alpha value is -3.61. The molecule has 2 N–H and O–H groups in total. The number of hydrogen-bond donors (Lipinski definition) is 2. The number of benzene rings is 2. The number of esters is 1. The van der Waals surface area contributed by atoms with E-state index in [0.29, 0.717) is 22.6 Å². The van der Waals surface area contributed by atoms with Crippen molar-refractivity contribution < 1.29 is 14.3 Å². The first kappa shape index (κ1) is 18.2. The molecule has 0 saturated carbocycles. The zero-order valence-electron chi connectivity index (χ0n) is 15.3. The van der Waals surface area contributed by atoms with Gasteiger partial charge in [-0.15, -0.1) is 0 Å². The number of anilines is 2. The van der Waals surface area contributed by atoms with Gasteiger partial charge in [-0.2, -0.15) is 5.10 Å². The van der Waals surface area contributed by atoms with Crippen molar-refractivity contribution in [1.29, 1.82) is 0 Å². The first-order valence-corrected chi connectivity index (χ1v) is 8.33. The number of nitrogens with zero attached hydrogens (tertiary/aromatic N) is 2. The number of urea groups is 1. The minimum Gasteiger partial charge on any atom is -0.465 e. The Labute approximate surface area is 157 Å². The molecule has 0 spiro atoms. The minimum atomic E-state index is -0.464. The van der Waals surface area contributed by atoms with E-state index in [4.69, 9.17) is 4.74 Å². The predicted octanol–water partition coefficient (Wildman–Crippen LogP) is 3.83. The Morgan fingerprint density at radius 1 is 1.04 bits per heavy atom. The van der Waals surface area contributed by atoms with Crippen LogP contribution >= 0.6 is 0 Å². The lowest BCUT2D eigenvalue weighted by atomic mass is 10.1. The molecule has 3 aromatic rings. The number of hydrogen-bond acceptors (Lipinski definition) is 4. The van der Waals surface area contributed by atoms with Crippen LogP contribution in [0.4, 0.5) is 16.2 Å². The van der Waals surface area contributed by atoms with E-state index in [0.717, 1.165) is 11.1 Å². The molecule has 0 atom stereocenters. The molecule has 0 saturated heterocycles. The molecule has 1 heterocycles. The number of amides is 2. The molecular weight excluding hydrogens is 344 g/mol. The Kier molecular flexibility index (Phi) is 5.21. The van der Waals surface area contributed by atoms with Crippen molar-refractivity contribution in [1.82, 2.24) is 9.78 Å². The lowest BCUT2D eigenvalue weighted by Crippen LogP contribution is -2.19. The Morgan fingerprint density at radius 2 is 1.74 bits per heavy atom. The molecule has 2 aromatic carbocycles. The fourth-order valence-corrected chi connectivity index (χ4v) is 2.71. The van der Waals surface area contributed by atoms with Crippen molar-refractivity contribution in [3.05, 3.63) is 65.9 Å². The van der Waals surface area contributed by atoms with Gasteiger partial charge in [-0.3, -0.25) is 4.68 Å². The Balaban J connectivity index is 1.80. The molecule has 2 amide bonds. The smallest absolute Gasteiger partial charge is 0.341 e. The van der Waals surface area contributed by atoms with E-state index in [1.54, 1.807) is 29.9 Å². The third-order valence-corrected chi connectivity index (χ3v) is 4.05. The second kappa shape index (κ2) is 7.74. The molecule has 7 nitrogen and oxygen atoms in total. The first-order chi connectivity index (χ1) is 13.0. The zero-order chi connectivity index (χ0) is 19.4. The molecule has 27 heavy (non-hydrogen) atoms. The molecule has 7 heteroatoms. The summed E-state index contributed by atoms with van der Waals surface area (Å²) in [5.41, 5.74) is 4.13. The van der Waals surface area contributed by atoms with E-state index in [1.165, 1.54) is 13.3 Å². The summed E-state index contributed by atoms with van der Waals surface area (Å²) < 4.78 is 6.40. The van der Waals surface area contributed by atoms with Gasteiger partial charge in [-0.05, 0) is 31.2 Å². The largest absolute Gasteiger partial charge is 0.465 e. The molecular formula is C20H20N4O3. The standard InChI is InChI=1S/C20H20N4O3/c1-13-7-9-15(10-8-13)22-20(26)23-16-6-4-5-14(11-16)18-17(19(25)27-3)12-21-24(18)2/h4-12H,1-3H3,(H2,22,23,26). The highest BCUT2D eigenvalue weighted by atomic mass is 16.5. The minimum absolute atomic E-state index is 0.353. The van der Waals surface area contributed by atoms with Crippen LogP contribution in [0, 0.1) is 6.92 Å². The van der Waals surface area contributed by atoms with Crippen LogP contribution in [0.5, 0.6) is 0 Å². The van der Waals surface area contributed by atoms with Crippen LogP contribution < -0.4 is 10.6 Å². The summed E-state index contributed by atoms with van der Waals surface area (Å²) in [6.07, 6.45) is 1.46. The van der Waals surface area contributed by atoms with Gasteiger partial charge in [0.1, 0.15) is 5.56 Å². The maximum atomic E-state index is 12.2. The summed E-state index contributed by atoms with van der Waals surface area (Å²) in [6.45, 7) is 1.98. The van der Waals surface area contributed by atoms with Crippen LogP contribution in [-0.4, -0.2) is 28.9 Å². The number of nitrogens with one attached hydrogen (secondary N) is 2. The molecule has 0 unspecified atom stereocenters. The van der Waals surface area contributed by atoms with Gasteiger partial charge in [0, 0.05) is 24.0 Å². The highest BCUT2D eigenvalue weighted by Gasteiger charge is 2.18. The third-order valence-electron chi connectivity index (χ3n) is 4.05. The fourth-order valence-electron chi connectivity index (χ4n) is 2.71. The predicted molar refractivity (Wildman–Crippen MR) is 104 cm³/mol. The summed E-state index contributed by atoms with van der Waals surface area (Å²) in [7, 11) is 3.07. The van der Waals surface area contributed by atoms with Crippen molar-refractivity contribution in [2.75, 3.05) is 17.7 Å². The van der Waals surface area contributed by atoms with Gasteiger partial charge in [-0.1, -0.05) is 29.8 Å². The molecule has 3 rings (SSSR count). The Bertz CT molecular complexity index is 977. The van der Waals surface area contributed by atoms with Crippen LogP contribution in [0.15, 0.2) is 54.7 Å². The van der Waals surface area contributed by atoms with Crippen molar-refractivity contribution in [2.45, 2.75) is 6.92 Å².